The molecule has 0 bridgehead atoms. The number of carbonyl (C=O) groups excluding carboxylic acids is 1. The van der Waals surface area contributed by atoms with Gasteiger partial charge in [-0.3, -0.25) is 14.2 Å². The molecule has 0 saturated carbocycles. The summed E-state index contributed by atoms with van der Waals surface area (Å²) in [5, 5.41) is 10.9. The van der Waals surface area contributed by atoms with Crippen molar-refractivity contribution in [3.63, 3.8) is 0 Å². The number of nitrogens with zero attached hydrogens (tertiary/aromatic N) is 4. The van der Waals surface area contributed by atoms with Gasteiger partial charge in [0.15, 0.2) is 5.82 Å². The molecular formula is C18H17ClF3N5O. The van der Waals surface area contributed by atoms with Crippen LogP contribution < -0.4 is 5.32 Å². The van der Waals surface area contributed by atoms with Gasteiger partial charge in [-0.2, -0.15) is 10.2 Å². The lowest BCUT2D eigenvalue weighted by molar-refractivity contribution is -0.119. The van der Waals surface area contributed by atoms with Gasteiger partial charge in [0.25, 0.3) is 6.43 Å². The van der Waals surface area contributed by atoms with Crippen LogP contribution in [0.15, 0.2) is 36.5 Å². The van der Waals surface area contributed by atoms with E-state index in [2.05, 4.69) is 15.5 Å². The molecule has 2 aromatic heterocycles. The molecule has 0 fully saturated rings. The Bertz CT molecular complexity index is 1000. The average molecular weight is 412 g/mol. The van der Waals surface area contributed by atoms with E-state index in [1.807, 2.05) is 0 Å². The molecule has 0 spiro atoms. The first-order chi connectivity index (χ1) is 13.2. The number of hydrogen-bond donors (Lipinski definition) is 1. The molecule has 28 heavy (non-hydrogen) atoms. The predicted molar refractivity (Wildman–Crippen MR) is 98.0 cm³/mol. The Morgan fingerprint density at radius 1 is 1.25 bits per heavy atom. The van der Waals surface area contributed by atoms with E-state index in [0.717, 1.165) is 0 Å². The minimum Gasteiger partial charge on any atom is -0.307 e. The summed E-state index contributed by atoms with van der Waals surface area (Å²) in [4.78, 5) is 12.4. The first kappa shape index (κ1) is 19.9. The topological polar surface area (TPSA) is 64.7 Å². The van der Waals surface area contributed by atoms with E-state index >= 15 is 0 Å². The monoisotopic (exact) mass is 411 g/mol. The van der Waals surface area contributed by atoms with Gasteiger partial charge in [0.1, 0.15) is 17.6 Å². The number of halogens is 4. The Morgan fingerprint density at radius 2 is 2.00 bits per heavy atom. The molecule has 1 amide bonds. The lowest BCUT2D eigenvalue weighted by Gasteiger charge is -2.13. The van der Waals surface area contributed by atoms with E-state index in [9.17, 15) is 18.0 Å². The molecule has 1 aromatic carbocycles. The van der Waals surface area contributed by atoms with Crippen LogP contribution in [0.1, 0.15) is 36.3 Å². The molecule has 2 heterocycles. The van der Waals surface area contributed by atoms with Crippen molar-refractivity contribution in [2.24, 2.45) is 0 Å². The minimum atomic E-state index is -2.70. The number of anilines is 1. The largest absolute Gasteiger partial charge is 0.307 e. The van der Waals surface area contributed by atoms with Crippen LogP contribution in [0.25, 0.3) is 0 Å². The van der Waals surface area contributed by atoms with Crippen molar-refractivity contribution in [1.82, 2.24) is 19.6 Å². The highest BCUT2D eigenvalue weighted by atomic mass is 35.5. The van der Waals surface area contributed by atoms with Gasteiger partial charge in [0.05, 0.1) is 6.54 Å². The van der Waals surface area contributed by atoms with E-state index in [1.165, 1.54) is 27.6 Å². The highest BCUT2D eigenvalue weighted by Gasteiger charge is 2.22. The second-order valence-electron chi connectivity index (χ2n) is 6.26. The number of rotatable bonds is 6. The summed E-state index contributed by atoms with van der Waals surface area (Å²) in [7, 11) is 0. The minimum absolute atomic E-state index is 0.277. The lowest BCUT2D eigenvalue weighted by atomic mass is 10.2. The molecular weight excluding hydrogens is 395 g/mol. The molecule has 148 valence electrons. The first-order valence-electron chi connectivity index (χ1n) is 8.37. The maximum Gasteiger partial charge on any atom is 0.282 e. The van der Waals surface area contributed by atoms with Gasteiger partial charge >= 0.3 is 0 Å². The average Bonchev–Trinajstić information content (AvgIpc) is 3.23. The SMILES string of the molecule is Cc1cc(C(F)F)nn1C(C)C(=O)Nc1ccn(Cc2ccc(F)cc2Cl)n1. The molecule has 10 heteroatoms. The highest BCUT2D eigenvalue weighted by molar-refractivity contribution is 6.31. The van der Waals surface area contributed by atoms with E-state index < -0.39 is 24.2 Å². The smallest absolute Gasteiger partial charge is 0.282 e. The summed E-state index contributed by atoms with van der Waals surface area (Å²) in [6.07, 6.45) is -1.07. The van der Waals surface area contributed by atoms with Gasteiger partial charge in [-0.15, -0.1) is 0 Å². The van der Waals surface area contributed by atoms with E-state index in [-0.39, 0.29) is 16.5 Å². The number of amides is 1. The molecule has 0 radical (unpaired) electrons. The molecule has 3 aromatic rings. The third kappa shape index (κ3) is 4.36. The van der Waals surface area contributed by atoms with Crippen LogP contribution in [0.3, 0.4) is 0 Å². The quantitative estimate of drug-likeness (QED) is 0.655. The fourth-order valence-corrected chi connectivity index (χ4v) is 2.92. The Kier molecular flexibility index (Phi) is 5.73. The molecule has 1 N–H and O–H groups in total. The zero-order valence-corrected chi connectivity index (χ0v) is 15.8. The normalized spacial score (nSPS) is 12.4. The van der Waals surface area contributed by atoms with Gasteiger partial charge in [0.2, 0.25) is 5.91 Å². The molecule has 0 aliphatic heterocycles. The summed E-state index contributed by atoms with van der Waals surface area (Å²) in [5.41, 5.74) is 0.746. The second-order valence-corrected chi connectivity index (χ2v) is 6.66. The van der Waals surface area contributed by atoms with Gasteiger partial charge < -0.3 is 5.32 Å². The van der Waals surface area contributed by atoms with E-state index in [1.54, 1.807) is 32.2 Å². The fourth-order valence-electron chi connectivity index (χ4n) is 2.69. The number of aryl methyl sites for hydroxylation is 1. The summed E-state index contributed by atoms with van der Waals surface area (Å²) >= 11 is 6.01. The van der Waals surface area contributed by atoms with Crippen molar-refractivity contribution < 1.29 is 18.0 Å². The number of carbonyl (C=O) groups is 1. The predicted octanol–water partition coefficient (Wildman–Crippen LogP) is 4.37. The molecule has 0 aliphatic carbocycles. The zero-order valence-electron chi connectivity index (χ0n) is 15.0. The van der Waals surface area contributed by atoms with Gasteiger partial charge in [-0.05, 0) is 37.6 Å². The summed E-state index contributed by atoms with van der Waals surface area (Å²) < 4.78 is 41.5. The van der Waals surface area contributed by atoms with Gasteiger partial charge in [0, 0.05) is 23.0 Å². The molecule has 0 aliphatic rings. The Labute approximate surface area is 163 Å². The van der Waals surface area contributed by atoms with Crippen LogP contribution in [-0.2, 0) is 11.3 Å². The lowest BCUT2D eigenvalue weighted by Crippen LogP contribution is -2.25. The van der Waals surface area contributed by atoms with Crippen molar-refractivity contribution in [2.75, 3.05) is 5.32 Å². The number of aromatic nitrogens is 4. The maximum atomic E-state index is 13.1. The van der Waals surface area contributed by atoms with Crippen molar-refractivity contribution in [1.29, 1.82) is 0 Å². The van der Waals surface area contributed by atoms with Crippen LogP contribution in [0.2, 0.25) is 5.02 Å². The van der Waals surface area contributed by atoms with Crippen molar-refractivity contribution >= 4 is 23.3 Å². The summed E-state index contributed by atoms with van der Waals surface area (Å²) in [5.74, 6) is -0.592. The van der Waals surface area contributed by atoms with Crippen LogP contribution in [0, 0.1) is 12.7 Å². The summed E-state index contributed by atoms with van der Waals surface area (Å²) in [6.45, 7) is 3.45. The molecule has 3 rings (SSSR count). The molecule has 1 atom stereocenters. The van der Waals surface area contributed by atoms with Crippen molar-refractivity contribution in [3.05, 3.63) is 64.3 Å². The van der Waals surface area contributed by atoms with Crippen LogP contribution in [0.5, 0.6) is 0 Å². The van der Waals surface area contributed by atoms with Crippen LogP contribution in [-0.4, -0.2) is 25.5 Å². The zero-order chi connectivity index (χ0) is 20.4. The Balaban J connectivity index is 1.68. The van der Waals surface area contributed by atoms with Gasteiger partial charge in [-0.1, -0.05) is 17.7 Å². The molecule has 1 unspecified atom stereocenters. The number of benzene rings is 1. The maximum absolute atomic E-state index is 13.1. The number of alkyl halides is 2. The first-order valence-corrected chi connectivity index (χ1v) is 8.75. The highest BCUT2D eigenvalue weighted by Crippen LogP contribution is 2.21. The molecule has 6 nitrogen and oxygen atoms in total. The Hall–Kier alpha value is -2.81. The van der Waals surface area contributed by atoms with E-state index in [0.29, 0.717) is 17.8 Å². The third-order valence-corrected chi connectivity index (χ3v) is 4.50. The Morgan fingerprint density at radius 3 is 2.64 bits per heavy atom. The van der Waals surface area contributed by atoms with Crippen molar-refractivity contribution in [2.45, 2.75) is 32.9 Å². The van der Waals surface area contributed by atoms with Crippen LogP contribution in [0.4, 0.5) is 19.0 Å². The molecule has 0 saturated heterocycles. The summed E-state index contributed by atoms with van der Waals surface area (Å²) in [6, 6.07) is 6.10. The second kappa shape index (κ2) is 8.05. The number of nitrogens with one attached hydrogen (secondary N) is 1. The van der Waals surface area contributed by atoms with Crippen LogP contribution >= 0.6 is 11.6 Å². The fraction of sp³-hybridized carbons (Fsp3) is 0.278. The third-order valence-electron chi connectivity index (χ3n) is 4.15. The van der Waals surface area contributed by atoms with Gasteiger partial charge in [-0.25, -0.2) is 13.2 Å². The van der Waals surface area contributed by atoms with E-state index in [4.69, 9.17) is 11.6 Å². The standard InChI is InChI=1S/C18H17ClF3N5O/c1-10-7-15(17(21)22)24-27(10)11(2)18(28)23-16-5-6-26(25-16)9-12-3-4-13(20)8-14(12)19/h3-8,11,17H,9H2,1-2H3,(H,23,25,28). The van der Waals surface area contributed by atoms with Crippen molar-refractivity contribution in [3.8, 4) is 0 Å². The number of hydrogen-bond acceptors (Lipinski definition) is 3.